The molecule has 6 nitrogen and oxygen atoms in total. The molecule has 1 aromatic carbocycles. The average molecular weight is 378 g/mol. The van der Waals surface area contributed by atoms with Crippen molar-refractivity contribution < 1.29 is 9.53 Å². The zero-order valence-electron chi connectivity index (χ0n) is 16.5. The fourth-order valence-corrected chi connectivity index (χ4v) is 3.29. The highest BCUT2D eigenvalue weighted by Crippen LogP contribution is 2.11. The maximum atomic E-state index is 11.8. The SMILES string of the molecule is COC(=O)c1cc(C)nc(CCCc2nncn2CCCc2ccccc2)c1. The molecule has 0 spiro atoms. The van der Waals surface area contributed by atoms with Crippen LogP contribution in [0.4, 0.5) is 0 Å². The standard InChI is InChI=1S/C22H26N4O2/c1-17-14-19(22(27)28-2)15-20(24-17)11-6-12-21-25-23-16-26(21)13-7-10-18-8-4-3-5-9-18/h3-5,8-9,14-16H,6-7,10-13H2,1-2H3. The summed E-state index contributed by atoms with van der Waals surface area (Å²) in [6.45, 7) is 2.80. The summed E-state index contributed by atoms with van der Waals surface area (Å²) in [5, 5.41) is 8.34. The van der Waals surface area contributed by atoms with Gasteiger partial charge in [0.05, 0.1) is 12.7 Å². The Kier molecular flexibility index (Phi) is 6.89. The summed E-state index contributed by atoms with van der Waals surface area (Å²) in [6.07, 6.45) is 6.41. The van der Waals surface area contributed by atoms with Crippen LogP contribution in [0.15, 0.2) is 48.8 Å². The van der Waals surface area contributed by atoms with Crippen LogP contribution in [0.2, 0.25) is 0 Å². The van der Waals surface area contributed by atoms with Crippen LogP contribution in [-0.2, 0) is 30.5 Å². The van der Waals surface area contributed by atoms with Gasteiger partial charge in [-0.15, -0.1) is 10.2 Å². The van der Waals surface area contributed by atoms with Gasteiger partial charge in [0, 0.05) is 24.4 Å². The molecule has 0 radical (unpaired) electrons. The lowest BCUT2D eigenvalue weighted by atomic mass is 10.1. The number of esters is 1. The molecule has 146 valence electrons. The van der Waals surface area contributed by atoms with Crippen LogP contribution in [0, 0.1) is 6.92 Å². The summed E-state index contributed by atoms with van der Waals surface area (Å²) >= 11 is 0. The first kappa shape index (κ1) is 19.7. The molecule has 2 heterocycles. The highest BCUT2D eigenvalue weighted by molar-refractivity contribution is 5.89. The van der Waals surface area contributed by atoms with Gasteiger partial charge < -0.3 is 9.30 Å². The number of ether oxygens (including phenoxy) is 1. The normalized spacial score (nSPS) is 10.8. The van der Waals surface area contributed by atoms with E-state index in [4.69, 9.17) is 4.74 Å². The van der Waals surface area contributed by atoms with Gasteiger partial charge in [-0.25, -0.2) is 4.79 Å². The first-order valence-corrected chi connectivity index (χ1v) is 9.62. The van der Waals surface area contributed by atoms with Crippen LogP contribution in [0.25, 0.3) is 0 Å². The van der Waals surface area contributed by atoms with E-state index >= 15 is 0 Å². The average Bonchev–Trinajstić information content (AvgIpc) is 3.15. The van der Waals surface area contributed by atoms with E-state index in [1.165, 1.54) is 12.7 Å². The third-order valence-corrected chi connectivity index (χ3v) is 4.66. The van der Waals surface area contributed by atoms with Gasteiger partial charge in [0.25, 0.3) is 0 Å². The molecule has 3 aromatic rings. The smallest absolute Gasteiger partial charge is 0.337 e. The molecule has 28 heavy (non-hydrogen) atoms. The summed E-state index contributed by atoms with van der Waals surface area (Å²) in [6, 6.07) is 14.1. The van der Waals surface area contributed by atoms with Crippen molar-refractivity contribution in [1.82, 2.24) is 19.7 Å². The lowest BCUT2D eigenvalue weighted by Gasteiger charge is -2.08. The van der Waals surface area contributed by atoms with Gasteiger partial charge in [-0.2, -0.15) is 0 Å². The minimum atomic E-state index is -0.329. The molecule has 0 aliphatic heterocycles. The van der Waals surface area contributed by atoms with E-state index in [2.05, 4.69) is 44.0 Å². The third kappa shape index (κ3) is 5.49. The first-order chi connectivity index (χ1) is 13.7. The number of aryl methyl sites for hydroxylation is 5. The summed E-state index contributed by atoms with van der Waals surface area (Å²) in [4.78, 5) is 16.3. The summed E-state index contributed by atoms with van der Waals surface area (Å²) < 4.78 is 6.94. The molecule has 0 fully saturated rings. The predicted octanol–water partition coefficient (Wildman–Crippen LogP) is 3.58. The van der Waals surface area contributed by atoms with E-state index < -0.39 is 0 Å². The molecule has 0 aliphatic carbocycles. The van der Waals surface area contributed by atoms with E-state index in [-0.39, 0.29) is 5.97 Å². The second-order valence-electron chi connectivity index (χ2n) is 6.86. The van der Waals surface area contributed by atoms with Crippen LogP contribution in [0.5, 0.6) is 0 Å². The molecule has 0 amide bonds. The molecule has 0 unspecified atom stereocenters. The molecular formula is C22H26N4O2. The number of carbonyl (C=O) groups excluding carboxylic acids is 1. The molecule has 3 rings (SSSR count). The Balaban J connectivity index is 1.51. The number of nitrogens with zero attached hydrogens (tertiary/aromatic N) is 4. The van der Waals surface area contributed by atoms with Crippen molar-refractivity contribution >= 4 is 5.97 Å². The second-order valence-corrected chi connectivity index (χ2v) is 6.86. The van der Waals surface area contributed by atoms with E-state index in [0.29, 0.717) is 5.56 Å². The largest absolute Gasteiger partial charge is 0.465 e. The zero-order chi connectivity index (χ0) is 19.8. The zero-order valence-corrected chi connectivity index (χ0v) is 16.5. The lowest BCUT2D eigenvalue weighted by molar-refractivity contribution is 0.0600. The number of methoxy groups -OCH3 is 1. The van der Waals surface area contributed by atoms with Crippen molar-refractivity contribution in [3.05, 3.63) is 77.1 Å². The third-order valence-electron chi connectivity index (χ3n) is 4.66. The Bertz CT molecular complexity index is 906. The Labute approximate surface area is 165 Å². The highest BCUT2D eigenvalue weighted by Gasteiger charge is 2.10. The van der Waals surface area contributed by atoms with Crippen LogP contribution in [0.3, 0.4) is 0 Å². The fraction of sp³-hybridized carbons (Fsp3) is 0.364. The van der Waals surface area contributed by atoms with E-state index in [0.717, 1.165) is 55.9 Å². The number of pyridine rings is 1. The maximum Gasteiger partial charge on any atom is 0.337 e. The lowest BCUT2D eigenvalue weighted by Crippen LogP contribution is -2.07. The fourth-order valence-electron chi connectivity index (χ4n) is 3.29. The quantitative estimate of drug-likeness (QED) is 0.532. The van der Waals surface area contributed by atoms with Gasteiger partial charge in [-0.1, -0.05) is 30.3 Å². The van der Waals surface area contributed by atoms with Crippen molar-refractivity contribution in [3.63, 3.8) is 0 Å². The van der Waals surface area contributed by atoms with Gasteiger partial charge in [-0.3, -0.25) is 4.98 Å². The number of carbonyl (C=O) groups is 1. The van der Waals surface area contributed by atoms with Crippen molar-refractivity contribution in [2.24, 2.45) is 0 Å². The summed E-state index contributed by atoms with van der Waals surface area (Å²) in [5.74, 6) is 0.666. The molecule has 0 atom stereocenters. The summed E-state index contributed by atoms with van der Waals surface area (Å²) in [5.41, 5.74) is 3.62. The number of benzene rings is 1. The Hall–Kier alpha value is -3.02. The molecular weight excluding hydrogens is 352 g/mol. The van der Waals surface area contributed by atoms with Gasteiger partial charge in [0.15, 0.2) is 0 Å². The maximum absolute atomic E-state index is 11.8. The van der Waals surface area contributed by atoms with Gasteiger partial charge in [0.1, 0.15) is 12.2 Å². The molecule has 0 aliphatic rings. The van der Waals surface area contributed by atoms with Crippen LogP contribution in [-0.4, -0.2) is 32.8 Å². The van der Waals surface area contributed by atoms with Crippen molar-refractivity contribution in [2.75, 3.05) is 7.11 Å². The van der Waals surface area contributed by atoms with Gasteiger partial charge in [-0.05, 0) is 50.3 Å². The number of rotatable bonds is 9. The van der Waals surface area contributed by atoms with E-state index in [9.17, 15) is 4.79 Å². The number of hydrogen-bond acceptors (Lipinski definition) is 5. The highest BCUT2D eigenvalue weighted by atomic mass is 16.5. The van der Waals surface area contributed by atoms with Crippen LogP contribution in [0.1, 0.15) is 46.0 Å². The molecule has 0 saturated heterocycles. The van der Waals surface area contributed by atoms with Gasteiger partial charge in [0.2, 0.25) is 0 Å². The van der Waals surface area contributed by atoms with Crippen molar-refractivity contribution in [1.29, 1.82) is 0 Å². The molecule has 0 bridgehead atoms. The first-order valence-electron chi connectivity index (χ1n) is 9.62. The minimum absolute atomic E-state index is 0.329. The van der Waals surface area contributed by atoms with E-state index in [1.807, 2.05) is 19.1 Å². The monoisotopic (exact) mass is 378 g/mol. The topological polar surface area (TPSA) is 69.9 Å². The predicted molar refractivity (Wildman–Crippen MR) is 107 cm³/mol. The molecule has 0 saturated carbocycles. The molecule has 0 N–H and O–H groups in total. The Morgan fingerprint density at radius 1 is 1.07 bits per heavy atom. The van der Waals surface area contributed by atoms with Crippen molar-refractivity contribution in [3.8, 4) is 0 Å². The van der Waals surface area contributed by atoms with Crippen LogP contribution < -0.4 is 0 Å². The number of hydrogen-bond donors (Lipinski definition) is 0. The summed E-state index contributed by atoms with van der Waals surface area (Å²) in [7, 11) is 1.39. The minimum Gasteiger partial charge on any atom is -0.465 e. The van der Waals surface area contributed by atoms with Crippen molar-refractivity contribution in [2.45, 2.75) is 45.6 Å². The van der Waals surface area contributed by atoms with Gasteiger partial charge >= 0.3 is 5.97 Å². The number of aromatic nitrogens is 4. The molecule has 6 heteroatoms. The Morgan fingerprint density at radius 3 is 2.68 bits per heavy atom. The van der Waals surface area contributed by atoms with E-state index in [1.54, 1.807) is 12.4 Å². The van der Waals surface area contributed by atoms with Crippen LogP contribution >= 0.6 is 0 Å². The second kappa shape index (κ2) is 9.78. The molecule has 2 aromatic heterocycles. The Morgan fingerprint density at radius 2 is 1.89 bits per heavy atom.